The molecule has 3 heterocycles. The number of piperidine rings is 1. The number of likely N-dealkylation sites (N-methyl/N-ethyl adjacent to an activating group) is 1. The molecular weight excluding hydrogens is 296 g/mol. The average molecular weight is 322 g/mol. The summed E-state index contributed by atoms with van der Waals surface area (Å²) in [6.07, 6.45) is 3.41. The van der Waals surface area contributed by atoms with Crippen LogP contribution in [0.25, 0.3) is 0 Å². The molecular formula is C16H26N4O3. The van der Waals surface area contributed by atoms with Crippen molar-refractivity contribution in [1.29, 1.82) is 0 Å². The van der Waals surface area contributed by atoms with Gasteiger partial charge in [-0.15, -0.1) is 0 Å². The Kier molecular flexibility index (Phi) is 4.21. The highest BCUT2D eigenvalue weighted by Crippen LogP contribution is 2.46. The summed E-state index contributed by atoms with van der Waals surface area (Å²) in [7, 11) is 0. The maximum Gasteiger partial charge on any atom is 0.327 e. The number of carbonyl (C=O) groups is 3. The number of hydrogen-bond acceptors (Lipinski definition) is 3. The number of likely N-dealkylation sites (tertiary alicyclic amines) is 1. The van der Waals surface area contributed by atoms with Crippen LogP contribution in [0.5, 0.6) is 0 Å². The molecule has 0 saturated carbocycles. The van der Waals surface area contributed by atoms with E-state index in [0.29, 0.717) is 32.7 Å². The van der Waals surface area contributed by atoms with E-state index in [2.05, 4.69) is 5.32 Å². The average Bonchev–Trinajstić information content (AvgIpc) is 3.02. The highest BCUT2D eigenvalue weighted by Gasteiger charge is 2.56. The van der Waals surface area contributed by atoms with Crippen LogP contribution in [0, 0.1) is 5.41 Å². The molecule has 7 nitrogen and oxygen atoms in total. The first-order valence-electron chi connectivity index (χ1n) is 8.66. The van der Waals surface area contributed by atoms with Gasteiger partial charge in [-0.05, 0) is 38.0 Å². The molecule has 0 radical (unpaired) electrons. The van der Waals surface area contributed by atoms with E-state index in [9.17, 15) is 14.4 Å². The van der Waals surface area contributed by atoms with E-state index >= 15 is 0 Å². The molecule has 0 bridgehead atoms. The number of carbonyl (C=O) groups excluding carboxylic acids is 3. The van der Waals surface area contributed by atoms with Gasteiger partial charge in [-0.1, -0.05) is 6.92 Å². The summed E-state index contributed by atoms with van der Waals surface area (Å²) in [5, 5.41) is 2.91. The number of rotatable bonds is 3. The summed E-state index contributed by atoms with van der Waals surface area (Å²) >= 11 is 0. The topological polar surface area (TPSA) is 73.0 Å². The van der Waals surface area contributed by atoms with Crippen molar-refractivity contribution >= 4 is 18.0 Å². The minimum absolute atomic E-state index is 0.00417. The van der Waals surface area contributed by atoms with Crippen molar-refractivity contribution in [3.05, 3.63) is 0 Å². The van der Waals surface area contributed by atoms with Crippen molar-refractivity contribution in [3.63, 3.8) is 0 Å². The second-order valence-electron chi connectivity index (χ2n) is 6.93. The molecule has 0 aromatic rings. The van der Waals surface area contributed by atoms with Gasteiger partial charge < -0.3 is 15.1 Å². The van der Waals surface area contributed by atoms with Crippen LogP contribution in [0.15, 0.2) is 0 Å². The molecule has 3 aliphatic rings. The second kappa shape index (κ2) is 6.02. The molecule has 0 aromatic carbocycles. The second-order valence-corrected chi connectivity index (χ2v) is 6.93. The Labute approximate surface area is 137 Å². The van der Waals surface area contributed by atoms with E-state index in [1.54, 1.807) is 4.90 Å². The number of fused-ring (bicyclic) bond motifs is 1. The predicted molar refractivity (Wildman–Crippen MR) is 84.8 cm³/mol. The fourth-order valence-corrected chi connectivity index (χ4v) is 4.09. The van der Waals surface area contributed by atoms with E-state index in [0.717, 1.165) is 25.7 Å². The fourth-order valence-electron chi connectivity index (χ4n) is 4.09. The smallest absolute Gasteiger partial charge is 0.327 e. The maximum atomic E-state index is 12.3. The molecule has 3 aliphatic heterocycles. The van der Waals surface area contributed by atoms with Crippen molar-refractivity contribution in [2.24, 2.45) is 5.41 Å². The molecule has 0 aliphatic carbocycles. The summed E-state index contributed by atoms with van der Waals surface area (Å²) < 4.78 is 0. The number of urea groups is 2. The number of amides is 5. The van der Waals surface area contributed by atoms with E-state index < -0.39 is 0 Å². The van der Waals surface area contributed by atoms with Gasteiger partial charge in [0.2, 0.25) is 0 Å². The van der Waals surface area contributed by atoms with Crippen LogP contribution in [-0.4, -0.2) is 71.4 Å². The van der Waals surface area contributed by atoms with Crippen molar-refractivity contribution in [1.82, 2.24) is 20.0 Å². The maximum absolute atomic E-state index is 12.3. The Morgan fingerprint density at radius 3 is 2.52 bits per heavy atom. The first-order valence-corrected chi connectivity index (χ1v) is 8.66. The van der Waals surface area contributed by atoms with Crippen LogP contribution in [0.2, 0.25) is 0 Å². The zero-order valence-electron chi connectivity index (χ0n) is 14.0. The molecule has 3 fully saturated rings. The Balaban J connectivity index is 1.60. The highest BCUT2D eigenvalue weighted by atomic mass is 16.2. The van der Waals surface area contributed by atoms with Crippen molar-refractivity contribution < 1.29 is 14.4 Å². The summed E-state index contributed by atoms with van der Waals surface area (Å²) in [5.74, 6) is -0.0440. The van der Waals surface area contributed by atoms with Crippen molar-refractivity contribution in [3.8, 4) is 0 Å². The molecule has 128 valence electrons. The van der Waals surface area contributed by atoms with Crippen LogP contribution in [-0.2, 0) is 4.79 Å². The third kappa shape index (κ3) is 2.66. The lowest BCUT2D eigenvalue weighted by molar-refractivity contribution is -0.128. The van der Waals surface area contributed by atoms with E-state index in [4.69, 9.17) is 0 Å². The van der Waals surface area contributed by atoms with Crippen LogP contribution in [0.1, 0.15) is 39.5 Å². The molecule has 3 rings (SSSR count). The predicted octanol–water partition coefficient (Wildman–Crippen LogP) is 1.24. The van der Waals surface area contributed by atoms with Crippen LogP contribution >= 0.6 is 0 Å². The third-order valence-corrected chi connectivity index (χ3v) is 5.49. The zero-order chi connectivity index (χ0) is 16.6. The molecule has 0 aromatic heterocycles. The lowest BCUT2D eigenvalue weighted by Crippen LogP contribution is -2.49. The van der Waals surface area contributed by atoms with Gasteiger partial charge in [0.25, 0.3) is 5.91 Å². The van der Waals surface area contributed by atoms with Gasteiger partial charge >= 0.3 is 12.1 Å². The Hall–Kier alpha value is -1.79. The number of imide groups is 1. The van der Waals surface area contributed by atoms with E-state index in [1.165, 1.54) is 4.90 Å². The molecule has 23 heavy (non-hydrogen) atoms. The molecule has 1 N–H and O–H groups in total. The van der Waals surface area contributed by atoms with Gasteiger partial charge in [0.05, 0.1) is 0 Å². The minimum Gasteiger partial charge on any atom is -0.338 e. The van der Waals surface area contributed by atoms with Crippen molar-refractivity contribution in [2.45, 2.75) is 45.6 Å². The summed E-state index contributed by atoms with van der Waals surface area (Å²) in [6.45, 7) is 7.08. The minimum atomic E-state index is -0.275. The van der Waals surface area contributed by atoms with Gasteiger partial charge in [-0.3, -0.25) is 9.69 Å². The third-order valence-electron chi connectivity index (χ3n) is 5.49. The molecule has 1 atom stereocenters. The van der Waals surface area contributed by atoms with Crippen molar-refractivity contribution in [2.75, 3.05) is 32.7 Å². The van der Waals surface area contributed by atoms with Crippen LogP contribution in [0.3, 0.4) is 0 Å². The summed E-state index contributed by atoms with van der Waals surface area (Å²) in [6, 6.07) is -0.407. The Morgan fingerprint density at radius 1 is 1.26 bits per heavy atom. The first-order chi connectivity index (χ1) is 11.0. The fraction of sp³-hybridized carbons (Fsp3) is 0.812. The first kappa shape index (κ1) is 16.1. The van der Waals surface area contributed by atoms with Gasteiger partial charge in [0.15, 0.2) is 0 Å². The summed E-state index contributed by atoms with van der Waals surface area (Å²) in [5.41, 5.74) is 0.0113. The molecule has 1 unspecified atom stereocenters. The molecule has 1 spiro atoms. The van der Waals surface area contributed by atoms with E-state index in [1.807, 2.05) is 18.7 Å². The van der Waals surface area contributed by atoms with E-state index in [-0.39, 0.29) is 29.4 Å². The van der Waals surface area contributed by atoms with Gasteiger partial charge in [0, 0.05) is 32.7 Å². The molecule has 5 amide bonds. The normalized spacial score (nSPS) is 26.2. The van der Waals surface area contributed by atoms with Gasteiger partial charge in [-0.2, -0.15) is 0 Å². The lowest BCUT2D eigenvalue weighted by Gasteiger charge is -2.39. The molecule has 7 heteroatoms. The quantitative estimate of drug-likeness (QED) is 0.795. The zero-order valence-corrected chi connectivity index (χ0v) is 14.0. The van der Waals surface area contributed by atoms with Crippen LogP contribution in [0.4, 0.5) is 9.59 Å². The van der Waals surface area contributed by atoms with Gasteiger partial charge in [-0.25, -0.2) is 9.59 Å². The molecule has 3 saturated heterocycles. The monoisotopic (exact) mass is 322 g/mol. The number of hydrogen-bond donors (Lipinski definition) is 1. The standard InChI is InChI=1S/C16H26N4O3/c1-3-7-17-14(22)18-8-5-16(6-9-18)10-12-13(21)19(4-2)15(23)20(12)11-16/h12H,3-11H2,1-2H3,(H,17,22). The number of nitrogens with zero attached hydrogens (tertiary/aromatic N) is 3. The largest absolute Gasteiger partial charge is 0.338 e. The SMILES string of the molecule is CCCNC(=O)N1CCC2(CC1)CC1C(=O)N(CC)C(=O)N1C2. The van der Waals surface area contributed by atoms with Gasteiger partial charge in [0.1, 0.15) is 6.04 Å². The highest BCUT2D eigenvalue weighted by molar-refractivity contribution is 6.04. The Bertz CT molecular complexity index is 487. The Morgan fingerprint density at radius 2 is 1.96 bits per heavy atom. The van der Waals surface area contributed by atoms with Crippen LogP contribution < -0.4 is 5.32 Å². The summed E-state index contributed by atoms with van der Waals surface area (Å²) in [4.78, 5) is 41.6. The number of nitrogens with one attached hydrogen (secondary N) is 1. The lowest BCUT2D eigenvalue weighted by atomic mass is 9.76.